The van der Waals surface area contributed by atoms with E-state index in [-0.39, 0.29) is 5.91 Å². The molecule has 0 saturated heterocycles. The van der Waals surface area contributed by atoms with Crippen molar-refractivity contribution in [2.24, 2.45) is 10.7 Å². The van der Waals surface area contributed by atoms with E-state index in [1.165, 1.54) is 12.3 Å². The number of fused-ring (bicyclic) bond motifs is 1. The maximum Gasteiger partial charge on any atom is 0.244 e. The van der Waals surface area contributed by atoms with Crippen molar-refractivity contribution in [2.45, 2.75) is 6.54 Å². The normalized spacial score (nSPS) is 12.2. The fourth-order valence-electron chi connectivity index (χ4n) is 3.36. The number of rotatable bonds is 11. The number of benzene rings is 1. The van der Waals surface area contributed by atoms with Crippen LogP contribution in [0.2, 0.25) is 0 Å². The number of nitrogens with one attached hydrogen (secondary N) is 2. The number of carbonyl (C=O) groups is 1. The molecule has 0 atom stereocenters. The lowest BCUT2D eigenvalue weighted by atomic mass is 10.1. The quantitative estimate of drug-likeness (QED) is 0.289. The summed E-state index contributed by atoms with van der Waals surface area (Å²) in [6, 6.07) is 7.51. The molecule has 0 radical (unpaired) electrons. The van der Waals surface area contributed by atoms with E-state index in [1.54, 1.807) is 32.7 Å². The number of methoxy groups -OCH3 is 2. The highest BCUT2D eigenvalue weighted by atomic mass is 16.5. The van der Waals surface area contributed by atoms with Gasteiger partial charge in [0.2, 0.25) is 5.91 Å². The first-order valence-electron chi connectivity index (χ1n) is 11.2. The molecule has 2 heterocycles. The molecule has 0 saturated carbocycles. The van der Waals surface area contributed by atoms with Crippen LogP contribution in [0.3, 0.4) is 0 Å². The molecule has 9 heteroatoms. The zero-order valence-corrected chi connectivity index (χ0v) is 20.5. The van der Waals surface area contributed by atoms with Crippen LogP contribution >= 0.6 is 0 Å². The number of hydrogen-bond donors (Lipinski definition) is 3. The SMILES string of the molecule is COc1ccc(CNC(=O)/C=C/c2c[nH]c3ncc(/C(C=NCCN(C)C)=C/N)cc23)cc1OC. The van der Waals surface area contributed by atoms with Crippen LogP contribution in [0.5, 0.6) is 11.5 Å². The van der Waals surface area contributed by atoms with Crippen LogP contribution in [0.15, 0.2) is 53.9 Å². The first-order valence-corrected chi connectivity index (χ1v) is 11.2. The summed E-state index contributed by atoms with van der Waals surface area (Å²) in [7, 11) is 7.17. The Morgan fingerprint density at radius 2 is 2.03 bits per heavy atom. The zero-order chi connectivity index (χ0) is 25.2. The van der Waals surface area contributed by atoms with E-state index in [4.69, 9.17) is 15.2 Å². The van der Waals surface area contributed by atoms with E-state index in [0.29, 0.717) is 24.6 Å². The maximum atomic E-state index is 12.4. The van der Waals surface area contributed by atoms with Crippen molar-refractivity contribution in [3.63, 3.8) is 0 Å². The average molecular weight is 477 g/mol. The Morgan fingerprint density at radius 3 is 2.74 bits per heavy atom. The summed E-state index contributed by atoms with van der Waals surface area (Å²) in [4.78, 5) is 26.5. The minimum Gasteiger partial charge on any atom is -0.493 e. The number of allylic oxidation sites excluding steroid dienone is 1. The Hall–Kier alpha value is -4.11. The molecule has 4 N–H and O–H groups in total. The Balaban J connectivity index is 1.68. The molecular weight excluding hydrogens is 444 g/mol. The molecule has 0 aliphatic heterocycles. The third kappa shape index (κ3) is 6.94. The van der Waals surface area contributed by atoms with Crippen LogP contribution in [-0.4, -0.2) is 68.4 Å². The van der Waals surface area contributed by atoms with Crippen LogP contribution in [-0.2, 0) is 11.3 Å². The van der Waals surface area contributed by atoms with Crippen LogP contribution in [0.25, 0.3) is 22.7 Å². The molecule has 1 aromatic carbocycles. The highest BCUT2D eigenvalue weighted by Crippen LogP contribution is 2.27. The summed E-state index contributed by atoms with van der Waals surface area (Å²) in [5, 5.41) is 3.76. The van der Waals surface area contributed by atoms with E-state index in [1.807, 2.05) is 44.6 Å². The van der Waals surface area contributed by atoms with Gasteiger partial charge in [0.25, 0.3) is 0 Å². The van der Waals surface area contributed by atoms with Gasteiger partial charge in [0, 0.05) is 66.1 Å². The number of hydrogen-bond acceptors (Lipinski definition) is 7. The predicted molar refractivity (Wildman–Crippen MR) is 141 cm³/mol. The van der Waals surface area contributed by atoms with Crippen molar-refractivity contribution in [3.05, 3.63) is 65.6 Å². The predicted octanol–water partition coefficient (Wildman–Crippen LogP) is 2.84. The first kappa shape index (κ1) is 25.5. The first-order chi connectivity index (χ1) is 16.9. The molecule has 1 amide bonds. The lowest BCUT2D eigenvalue weighted by Crippen LogP contribution is -2.20. The second-order valence-corrected chi connectivity index (χ2v) is 8.07. The van der Waals surface area contributed by atoms with Crippen molar-refractivity contribution >= 4 is 34.8 Å². The fraction of sp³-hybridized carbons (Fsp3) is 0.269. The van der Waals surface area contributed by atoms with E-state index in [0.717, 1.165) is 39.8 Å². The van der Waals surface area contributed by atoms with Gasteiger partial charge in [0.1, 0.15) is 5.65 Å². The lowest BCUT2D eigenvalue weighted by Gasteiger charge is -2.09. The monoisotopic (exact) mass is 476 g/mol. The Kier molecular flexibility index (Phi) is 9.02. The van der Waals surface area contributed by atoms with Crippen LogP contribution in [0, 0.1) is 0 Å². The number of nitrogens with two attached hydrogens (primary N) is 1. The molecule has 3 aromatic rings. The third-order valence-corrected chi connectivity index (χ3v) is 5.31. The number of aromatic nitrogens is 2. The van der Waals surface area contributed by atoms with Crippen LogP contribution in [0.4, 0.5) is 0 Å². The molecule has 184 valence electrons. The molecule has 35 heavy (non-hydrogen) atoms. The van der Waals surface area contributed by atoms with Gasteiger partial charge in [0.05, 0.1) is 20.8 Å². The van der Waals surface area contributed by atoms with Gasteiger partial charge in [-0.2, -0.15) is 0 Å². The molecule has 0 aliphatic carbocycles. The van der Waals surface area contributed by atoms with Crippen molar-refractivity contribution in [2.75, 3.05) is 41.4 Å². The Bertz CT molecular complexity index is 1240. The van der Waals surface area contributed by atoms with E-state index < -0.39 is 0 Å². The topological polar surface area (TPSA) is 118 Å². The Labute approximate surface area is 205 Å². The van der Waals surface area contributed by atoms with Crippen LogP contribution in [0.1, 0.15) is 16.7 Å². The summed E-state index contributed by atoms with van der Waals surface area (Å²) >= 11 is 0. The number of nitrogens with zero attached hydrogens (tertiary/aromatic N) is 3. The third-order valence-electron chi connectivity index (χ3n) is 5.31. The minimum absolute atomic E-state index is 0.214. The number of pyridine rings is 1. The number of carbonyl (C=O) groups excluding carboxylic acids is 1. The van der Waals surface area contributed by atoms with Gasteiger partial charge in [-0.15, -0.1) is 0 Å². The highest BCUT2D eigenvalue weighted by molar-refractivity contribution is 6.10. The summed E-state index contributed by atoms with van der Waals surface area (Å²) in [5.74, 6) is 1.04. The number of H-pyrrole nitrogens is 1. The number of amides is 1. The van der Waals surface area contributed by atoms with Gasteiger partial charge in [-0.1, -0.05) is 6.07 Å². The van der Waals surface area contributed by atoms with Crippen LogP contribution < -0.4 is 20.5 Å². The number of aliphatic imine (C=N–C) groups is 1. The molecule has 0 unspecified atom stereocenters. The molecule has 2 aromatic heterocycles. The maximum absolute atomic E-state index is 12.4. The van der Waals surface area contributed by atoms with Crippen molar-refractivity contribution in [1.29, 1.82) is 0 Å². The molecule has 9 nitrogen and oxygen atoms in total. The molecule has 0 aliphatic rings. The molecule has 0 spiro atoms. The van der Waals surface area contributed by atoms with E-state index >= 15 is 0 Å². The summed E-state index contributed by atoms with van der Waals surface area (Å²) in [6.45, 7) is 1.89. The average Bonchev–Trinajstić information content (AvgIpc) is 3.28. The van der Waals surface area contributed by atoms with Gasteiger partial charge >= 0.3 is 0 Å². The molecule has 3 rings (SSSR count). The Morgan fingerprint density at radius 1 is 1.23 bits per heavy atom. The van der Waals surface area contributed by atoms with Crippen molar-refractivity contribution < 1.29 is 14.3 Å². The van der Waals surface area contributed by atoms with E-state index in [2.05, 4.69) is 25.2 Å². The number of likely N-dealkylation sites (N-methyl/N-ethyl adjacent to an activating group) is 1. The standard InChI is InChI=1S/C26H32N6O3/c1-32(2)10-9-28-15-21(13-27)20-12-22-19(16-30-26(22)31-17-20)6-8-25(33)29-14-18-5-7-23(34-3)24(11-18)35-4/h5-8,11-13,15-17H,9-10,14,27H2,1-4H3,(H,29,33)(H,30,31)/b8-6+,21-13+,28-15?. The summed E-state index contributed by atoms with van der Waals surface area (Å²) in [5.41, 5.74) is 9.93. The minimum atomic E-state index is -0.214. The van der Waals surface area contributed by atoms with Gasteiger partial charge in [-0.25, -0.2) is 4.98 Å². The molecular formula is C26H32N6O3. The zero-order valence-electron chi connectivity index (χ0n) is 20.5. The highest BCUT2D eigenvalue weighted by Gasteiger charge is 2.08. The lowest BCUT2D eigenvalue weighted by molar-refractivity contribution is -0.116. The summed E-state index contributed by atoms with van der Waals surface area (Å²) < 4.78 is 10.6. The van der Waals surface area contributed by atoms with Gasteiger partial charge < -0.3 is 30.4 Å². The number of ether oxygens (including phenoxy) is 2. The second-order valence-electron chi connectivity index (χ2n) is 8.07. The van der Waals surface area contributed by atoms with Crippen molar-refractivity contribution in [3.8, 4) is 11.5 Å². The largest absolute Gasteiger partial charge is 0.493 e. The second kappa shape index (κ2) is 12.4. The number of aromatic amines is 1. The van der Waals surface area contributed by atoms with Crippen molar-refractivity contribution in [1.82, 2.24) is 20.2 Å². The van der Waals surface area contributed by atoms with Gasteiger partial charge in [0.15, 0.2) is 11.5 Å². The smallest absolute Gasteiger partial charge is 0.244 e. The fourth-order valence-corrected chi connectivity index (χ4v) is 3.36. The van der Waals surface area contributed by atoms with Gasteiger partial charge in [-0.05, 0) is 43.9 Å². The summed E-state index contributed by atoms with van der Waals surface area (Å²) in [6.07, 6.45) is 10.1. The molecule has 0 fully saturated rings. The molecule has 0 bridgehead atoms. The van der Waals surface area contributed by atoms with Gasteiger partial charge in [-0.3, -0.25) is 9.79 Å². The van der Waals surface area contributed by atoms with E-state index in [9.17, 15) is 4.79 Å².